The van der Waals surface area contributed by atoms with Gasteiger partial charge in [-0.15, -0.1) is 0 Å². The zero-order valence-electron chi connectivity index (χ0n) is 12.9. The Morgan fingerprint density at radius 2 is 1.82 bits per heavy atom. The number of aromatic amines is 1. The van der Waals surface area contributed by atoms with E-state index in [2.05, 4.69) is 37.9 Å². The summed E-state index contributed by atoms with van der Waals surface area (Å²) in [4.78, 5) is 15.0. The molecule has 0 aliphatic carbocycles. The molecule has 1 N–H and O–H groups in total. The molecule has 112 valence electrons. The Morgan fingerprint density at radius 3 is 2.45 bits per heavy atom. The quantitative estimate of drug-likeness (QED) is 0.614. The number of hydrogen-bond donors (Lipinski definition) is 1. The summed E-state index contributed by atoms with van der Waals surface area (Å²) >= 11 is 6.28. The number of rotatable bonds is 2. The van der Waals surface area contributed by atoms with E-state index in [0.29, 0.717) is 10.6 Å². The molecular weight excluding hydrogens is 294 g/mol. The standard InChI is InChI=1S/C19H18ClNO/c1-19(2,3)12-8-9-17-14(10-12)15(11-22)18(21-17)13-6-4-5-7-16(13)20/h4-11,21H,1-3H3. The summed E-state index contributed by atoms with van der Waals surface area (Å²) < 4.78 is 0. The van der Waals surface area contributed by atoms with Gasteiger partial charge in [0.05, 0.1) is 5.69 Å². The summed E-state index contributed by atoms with van der Waals surface area (Å²) in [6.07, 6.45) is 0.907. The van der Waals surface area contributed by atoms with Gasteiger partial charge in [0.15, 0.2) is 6.29 Å². The molecule has 0 radical (unpaired) electrons. The molecule has 3 aromatic rings. The summed E-state index contributed by atoms with van der Waals surface area (Å²) in [5.74, 6) is 0. The molecule has 2 aromatic carbocycles. The van der Waals surface area contributed by atoms with E-state index in [0.717, 1.165) is 28.4 Å². The lowest BCUT2D eigenvalue weighted by Crippen LogP contribution is -2.10. The smallest absolute Gasteiger partial charge is 0.152 e. The molecule has 0 saturated carbocycles. The lowest BCUT2D eigenvalue weighted by Gasteiger charge is -2.18. The molecular formula is C19H18ClNO. The van der Waals surface area contributed by atoms with E-state index in [1.54, 1.807) is 0 Å². The highest BCUT2D eigenvalue weighted by molar-refractivity contribution is 6.33. The van der Waals surface area contributed by atoms with Gasteiger partial charge in [-0.3, -0.25) is 4.79 Å². The third kappa shape index (κ3) is 2.44. The number of halogens is 1. The van der Waals surface area contributed by atoms with Gasteiger partial charge < -0.3 is 4.98 Å². The zero-order valence-corrected chi connectivity index (χ0v) is 13.7. The number of fused-ring (bicyclic) bond motifs is 1. The van der Waals surface area contributed by atoms with Crippen LogP contribution in [0.25, 0.3) is 22.2 Å². The summed E-state index contributed by atoms with van der Waals surface area (Å²) in [6.45, 7) is 6.49. The van der Waals surface area contributed by atoms with Gasteiger partial charge in [-0.25, -0.2) is 0 Å². The average Bonchev–Trinajstić information content (AvgIpc) is 2.84. The van der Waals surface area contributed by atoms with Crippen LogP contribution in [0.5, 0.6) is 0 Å². The van der Waals surface area contributed by atoms with Gasteiger partial charge in [0, 0.05) is 27.1 Å². The molecule has 0 unspecified atom stereocenters. The molecule has 0 amide bonds. The Balaban J connectivity index is 2.30. The molecule has 1 heterocycles. The van der Waals surface area contributed by atoms with Crippen molar-refractivity contribution in [1.29, 1.82) is 0 Å². The van der Waals surface area contributed by atoms with Gasteiger partial charge in [0.1, 0.15) is 0 Å². The normalized spacial score (nSPS) is 11.8. The second-order valence-electron chi connectivity index (χ2n) is 6.52. The highest BCUT2D eigenvalue weighted by atomic mass is 35.5. The fourth-order valence-electron chi connectivity index (χ4n) is 2.68. The van der Waals surface area contributed by atoms with E-state index in [9.17, 15) is 4.79 Å². The first kappa shape index (κ1) is 14.9. The number of nitrogens with one attached hydrogen (secondary N) is 1. The predicted molar refractivity (Wildman–Crippen MR) is 92.8 cm³/mol. The minimum absolute atomic E-state index is 0.0379. The fourth-order valence-corrected chi connectivity index (χ4v) is 2.91. The number of hydrogen-bond acceptors (Lipinski definition) is 1. The summed E-state index contributed by atoms with van der Waals surface area (Å²) in [5.41, 5.74) is 4.48. The largest absolute Gasteiger partial charge is 0.354 e. The van der Waals surface area contributed by atoms with Crippen molar-refractivity contribution in [1.82, 2.24) is 4.98 Å². The van der Waals surface area contributed by atoms with E-state index in [1.807, 2.05) is 30.3 Å². The second-order valence-corrected chi connectivity index (χ2v) is 6.93. The van der Waals surface area contributed by atoms with Crippen molar-refractivity contribution in [2.45, 2.75) is 26.2 Å². The third-order valence-corrected chi connectivity index (χ3v) is 4.30. The highest BCUT2D eigenvalue weighted by Crippen LogP contribution is 2.35. The van der Waals surface area contributed by atoms with E-state index in [-0.39, 0.29) is 5.41 Å². The number of carbonyl (C=O) groups excluding carboxylic acids is 1. The zero-order chi connectivity index (χ0) is 15.9. The van der Waals surface area contributed by atoms with Crippen LogP contribution in [0.3, 0.4) is 0 Å². The monoisotopic (exact) mass is 311 g/mol. The van der Waals surface area contributed by atoms with Gasteiger partial charge in [-0.1, -0.05) is 56.6 Å². The molecule has 0 saturated heterocycles. The molecule has 22 heavy (non-hydrogen) atoms. The lowest BCUT2D eigenvalue weighted by atomic mass is 9.86. The van der Waals surface area contributed by atoms with Crippen LogP contribution in [0.1, 0.15) is 36.7 Å². The van der Waals surface area contributed by atoms with Crippen molar-refractivity contribution in [2.24, 2.45) is 0 Å². The van der Waals surface area contributed by atoms with Crippen molar-refractivity contribution >= 4 is 28.8 Å². The summed E-state index contributed by atoms with van der Waals surface area (Å²) in [5, 5.41) is 1.57. The van der Waals surface area contributed by atoms with Crippen LogP contribution < -0.4 is 0 Å². The van der Waals surface area contributed by atoms with Crippen LogP contribution in [-0.4, -0.2) is 11.3 Å². The number of aldehydes is 1. The Morgan fingerprint density at radius 1 is 1.09 bits per heavy atom. The van der Waals surface area contributed by atoms with Gasteiger partial charge in [-0.2, -0.15) is 0 Å². The second kappa shape index (κ2) is 5.29. The van der Waals surface area contributed by atoms with Crippen LogP contribution in [0.15, 0.2) is 42.5 Å². The fraction of sp³-hybridized carbons (Fsp3) is 0.211. The maximum absolute atomic E-state index is 11.7. The number of carbonyl (C=O) groups is 1. The maximum atomic E-state index is 11.7. The van der Waals surface area contributed by atoms with E-state index in [4.69, 9.17) is 11.6 Å². The van der Waals surface area contributed by atoms with E-state index in [1.165, 1.54) is 5.56 Å². The first-order valence-corrected chi connectivity index (χ1v) is 7.66. The van der Waals surface area contributed by atoms with Crippen LogP contribution in [0, 0.1) is 0 Å². The molecule has 0 spiro atoms. The van der Waals surface area contributed by atoms with Crippen LogP contribution in [0.2, 0.25) is 5.02 Å². The van der Waals surface area contributed by atoms with Crippen molar-refractivity contribution in [3.63, 3.8) is 0 Å². The van der Waals surface area contributed by atoms with Gasteiger partial charge in [0.2, 0.25) is 0 Å². The molecule has 0 aliphatic heterocycles. The van der Waals surface area contributed by atoms with E-state index >= 15 is 0 Å². The molecule has 0 fully saturated rings. The van der Waals surface area contributed by atoms with Crippen molar-refractivity contribution < 1.29 is 4.79 Å². The van der Waals surface area contributed by atoms with Gasteiger partial charge in [0.25, 0.3) is 0 Å². The number of benzene rings is 2. The Labute approximate surface area is 135 Å². The molecule has 0 aliphatic rings. The topological polar surface area (TPSA) is 32.9 Å². The van der Waals surface area contributed by atoms with Crippen molar-refractivity contribution in [2.75, 3.05) is 0 Å². The number of H-pyrrole nitrogens is 1. The summed E-state index contributed by atoms with van der Waals surface area (Å²) in [6, 6.07) is 13.8. The first-order chi connectivity index (χ1) is 10.4. The average molecular weight is 312 g/mol. The Hall–Kier alpha value is -2.06. The molecule has 3 heteroatoms. The van der Waals surface area contributed by atoms with Crippen LogP contribution in [0.4, 0.5) is 0 Å². The molecule has 0 atom stereocenters. The van der Waals surface area contributed by atoms with Gasteiger partial charge in [-0.05, 0) is 29.2 Å². The predicted octanol–water partition coefficient (Wildman–Crippen LogP) is 5.60. The molecule has 0 bridgehead atoms. The Kier molecular flexibility index (Phi) is 3.57. The van der Waals surface area contributed by atoms with Crippen LogP contribution in [-0.2, 0) is 5.41 Å². The molecule has 2 nitrogen and oxygen atoms in total. The minimum atomic E-state index is 0.0379. The SMILES string of the molecule is CC(C)(C)c1ccc2[nH]c(-c3ccccc3Cl)c(C=O)c2c1. The molecule has 3 rings (SSSR count). The number of aromatic nitrogens is 1. The van der Waals surface area contributed by atoms with Crippen LogP contribution >= 0.6 is 11.6 Å². The summed E-state index contributed by atoms with van der Waals surface area (Å²) in [7, 11) is 0. The van der Waals surface area contributed by atoms with Crippen molar-refractivity contribution in [3.8, 4) is 11.3 Å². The minimum Gasteiger partial charge on any atom is -0.354 e. The highest BCUT2D eigenvalue weighted by Gasteiger charge is 2.18. The maximum Gasteiger partial charge on any atom is 0.152 e. The van der Waals surface area contributed by atoms with E-state index < -0.39 is 0 Å². The first-order valence-electron chi connectivity index (χ1n) is 7.28. The third-order valence-electron chi connectivity index (χ3n) is 3.97. The molecule has 1 aromatic heterocycles. The van der Waals surface area contributed by atoms with Gasteiger partial charge >= 0.3 is 0 Å². The Bertz CT molecular complexity index is 855. The lowest BCUT2D eigenvalue weighted by molar-refractivity contribution is 0.112. The van der Waals surface area contributed by atoms with Crippen molar-refractivity contribution in [3.05, 3.63) is 58.6 Å².